The Morgan fingerprint density at radius 1 is 1.42 bits per heavy atom. The van der Waals surface area contributed by atoms with E-state index < -0.39 is 0 Å². The molecule has 0 bridgehead atoms. The number of aromatic nitrogens is 2. The molecule has 0 spiro atoms. The number of hydrogen-bond donors (Lipinski definition) is 3. The van der Waals surface area contributed by atoms with Crippen molar-refractivity contribution in [3.05, 3.63) is 24.4 Å². The number of hydrogen-bond acceptors (Lipinski definition) is 3. The van der Waals surface area contributed by atoms with Crippen molar-refractivity contribution in [1.82, 2.24) is 15.5 Å². The van der Waals surface area contributed by atoms with Crippen molar-refractivity contribution in [1.29, 1.82) is 0 Å². The quantitative estimate of drug-likeness (QED) is 0.790. The average Bonchev–Trinajstić information content (AvgIpc) is 2.89. The molecule has 3 N–H and O–H groups in total. The molecule has 0 amide bonds. The van der Waals surface area contributed by atoms with Gasteiger partial charge in [0.15, 0.2) is 0 Å². The standard InChI is InChI=1S/C15H22N4/c1-11(9-12-5-2-3-8-16-12)18-14-6-4-7-15-13(14)10-17-19-15/h4,6-7,10-12,16,18H,2-3,5,8-9H2,1H3,(H,17,19). The second-order valence-corrected chi connectivity index (χ2v) is 5.56. The van der Waals surface area contributed by atoms with Crippen LogP contribution in [0.25, 0.3) is 10.9 Å². The van der Waals surface area contributed by atoms with E-state index in [0.29, 0.717) is 12.1 Å². The summed E-state index contributed by atoms with van der Waals surface area (Å²) in [6.45, 7) is 3.43. The summed E-state index contributed by atoms with van der Waals surface area (Å²) in [4.78, 5) is 0. The maximum Gasteiger partial charge on any atom is 0.0671 e. The third-order valence-electron chi connectivity index (χ3n) is 3.94. The highest BCUT2D eigenvalue weighted by Crippen LogP contribution is 2.23. The lowest BCUT2D eigenvalue weighted by Crippen LogP contribution is -2.37. The summed E-state index contributed by atoms with van der Waals surface area (Å²) in [6, 6.07) is 7.38. The van der Waals surface area contributed by atoms with E-state index in [1.807, 2.05) is 6.20 Å². The first-order valence-corrected chi connectivity index (χ1v) is 7.25. The van der Waals surface area contributed by atoms with Crippen LogP contribution in [0.15, 0.2) is 24.4 Å². The van der Waals surface area contributed by atoms with Crippen LogP contribution in [0.3, 0.4) is 0 Å². The molecule has 1 aromatic heterocycles. The monoisotopic (exact) mass is 258 g/mol. The summed E-state index contributed by atoms with van der Waals surface area (Å²) in [5, 5.41) is 15.5. The lowest BCUT2D eigenvalue weighted by Gasteiger charge is -2.27. The van der Waals surface area contributed by atoms with E-state index in [1.54, 1.807) is 0 Å². The number of piperidine rings is 1. The zero-order valence-corrected chi connectivity index (χ0v) is 11.4. The summed E-state index contributed by atoms with van der Waals surface area (Å²) in [6.07, 6.45) is 7.06. The minimum absolute atomic E-state index is 0.469. The van der Waals surface area contributed by atoms with E-state index in [-0.39, 0.29) is 0 Å². The highest BCUT2D eigenvalue weighted by Gasteiger charge is 2.16. The van der Waals surface area contributed by atoms with Crippen LogP contribution < -0.4 is 10.6 Å². The highest BCUT2D eigenvalue weighted by molar-refractivity contribution is 5.90. The van der Waals surface area contributed by atoms with E-state index in [4.69, 9.17) is 0 Å². The molecule has 1 fully saturated rings. The van der Waals surface area contributed by atoms with E-state index in [2.05, 4.69) is 46.0 Å². The lowest BCUT2D eigenvalue weighted by molar-refractivity contribution is 0.371. The van der Waals surface area contributed by atoms with Gasteiger partial charge in [-0.15, -0.1) is 0 Å². The van der Waals surface area contributed by atoms with Crippen LogP contribution >= 0.6 is 0 Å². The molecular weight excluding hydrogens is 236 g/mol. The topological polar surface area (TPSA) is 52.7 Å². The van der Waals surface area contributed by atoms with Gasteiger partial charge < -0.3 is 10.6 Å². The number of aromatic amines is 1. The van der Waals surface area contributed by atoms with Gasteiger partial charge in [0.1, 0.15) is 0 Å². The summed E-state index contributed by atoms with van der Waals surface area (Å²) < 4.78 is 0. The number of fused-ring (bicyclic) bond motifs is 1. The molecular formula is C15H22N4. The number of anilines is 1. The zero-order chi connectivity index (χ0) is 13.1. The summed E-state index contributed by atoms with van der Waals surface area (Å²) in [5.74, 6) is 0. The fraction of sp³-hybridized carbons (Fsp3) is 0.533. The van der Waals surface area contributed by atoms with Crippen LogP contribution in [-0.4, -0.2) is 28.8 Å². The first kappa shape index (κ1) is 12.5. The maximum absolute atomic E-state index is 4.11. The van der Waals surface area contributed by atoms with Gasteiger partial charge in [0.25, 0.3) is 0 Å². The van der Waals surface area contributed by atoms with Gasteiger partial charge in [0.05, 0.1) is 11.7 Å². The van der Waals surface area contributed by atoms with Gasteiger partial charge in [-0.3, -0.25) is 5.10 Å². The first-order valence-electron chi connectivity index (χ1n) is 7.25. The Morgan fingerprint density at radius 2 is 2.37 bits per heavy atom. The van der Waals surface area contributed by atoms with Gasteiger partial charge >= 0.3 is 0 Å². The van der Waals surface area contributed by atoms with Gasteiger partial charge in [-0.05, 0) is 44.9 Å². The summed E-state index contributed by atoms with van der Waals surface area (Å²) >= 11 is 0. The Morgan fingerprint density at radius 3 is 3.21 bits per heavy atom. The number of benzene rings is 1. The van der Waals surface area contributed by atoms with Gasteiger partial charge in [0, 0.05) is 23.2 Å². The minimum Gasteiger partial charge on any atom is -0.382 e. The molecule has 4 nitrogen and oxygen atoms in total. The van der Waals surface area contributed by atoms with Crippen molar-refractivity contribution in [2.45, 2.75) is 44.7 Å². The number of nitrogens with one attached hydrogen (secondary N) is 3. The third kappa shape index (κ3) is 2.89. The predicted molar refractivity (Wildman–Crippen MR) is 79.4 cm³/mol. The third-order valence-corrected chi connectivity index (χ3v) is 3.94. The van der Waals surface area contributed by atoms with E-state index in [0.717, 1.165) is 5.52 Å². The highest BCUT2D eigenvalue weighted by atomic mass is 15.1. The Hall–Kier alpha value is -1.55. The van der Waals surface area contributed by atoms with E-state index in [1.165, 1.54) is 43.3 Å². The van der Waals surface area contributed by atoms with Crippen molar-refractivity contribution in [2.24, 2.45) is 0 Å². The van der Waals surface area contributed by atoms with Crippen molar-refractivity contribution < 1.29 is 0 Å². The second-order valence-electron chi connectivity index (χ2n) is 5.56. The van der Waals surface area contributed by atoms with Crippen LogP contribution in [-0.2, 0) is 0 Å². The van der Waals surface area contributed by atoms with Crippen molar-refractivity contribution in [3.63, 3.8) is 0 Å². The van der Waals surface area contributed by atoms with Gasteiger partial charge in [-0.2, -0.15) is 5.10 Å². The van der Waals surface area contributed by atoms with Crippen LogP contribution in [0.4, 0.5) is 5.69 Å². The molecule has 3 rings (SSSR count). The Balaban J connectivity index is 1.65. The molecule has 1 aromatic carbocycles. The smallest absolute Gasteiger partial charge is 0.0671 e. The molecule has 0 radical (unpaired) electrons. The molecule has 102 valence electrons. The Bertz CT molecular complexity index is 528. The number of nitrogens with zero attached hydrogens (tertiary/aromatic N) is 1. The fourth-order valence-electron chi connectivity index (χ4n) is 2.97. The molecule has 19 heavy (non-hydrogen) atoms. The first-order chi connectivity index (χ1) is 9.33. The molecule has 2 unspecified atom stereocenters. The van der Waals surface area contributed by atoms with Crippen molar-refractivity contribution in [3.8, 4) is 0 Å². The molecule has 0 aliphatic carbocycles. The van der Waals surface area contributed by atoms with Crippen LogP contribution in [0.1, 0.15) is 32.6 Å². The minimum atomic E-state index is 0.469. The number of H-pyrrole nitrogens is 1. The largest absolute Gasteiger partial charge is 0.382 e. The normalized spacial score (nSPS) is 21.4. The van der Waals surface area contributed by atoms with Crippen LogP contribution in [0.2, 0.25) is 0 Å². The van der Waals surface area contributed by atoms with Crippen molar-refractivity contribution >= 4 is 16.6 Å². The van der Waals surface area contributed by atoms with E-state index in [9.17, 15) is 0 Å². The molecule has 4 heteroatoms. The van der Waals surface area contributed by atoms with E-state index >= 15 is 0 Å². The van der Waals surface area contributed by atoms with Crippen molar-refractivity contribution in [2.75, 3.05) is 11.9 Å². The number of rotatable bonds is 4. The molecule has 2 aromatic rings. The molecule has 1 aliphatic heterocycles. The van der Waals surface area contributed by atoms with Crippen LogP contribution in [0, 0.1) is 0 Å². The SMILES string of the molecule is CC(CC1CCCCN1)Nc1cccc2[nH]ncc12. The Labute approximate surface area is 114 Å². The zero-order valence-electron chi connectivity index (χ0n) is 11.4. The maximum atomic E-state index is 4.11. The molecule has 2 heterocycles. The Kier molecular flexibility index (Phi) is 3.69. The summed E-state index contributed by atoms with van der Waals surface area (Å²) in [5.41, 5.74) is 2.27. The second kappa shape index (κ2) is 5.61. The van der Waals surface area contributed by atoms with Crippen LogP contribution in [0.5, 0.6) is 0 Å². The van der Waals surface area contributed by atoms with Gasteiger partial charge in [-0.25, -0.2) is 0 Å². The molecule has 1 saturated heterocycles. The van der Waals surface area contributed by atoms with Gasteiger partial charge in [0.2, 0.25) is 0 Å². The molecule has 1 aliphatic rings. The molecule has 0 saturated carbocycles. The average molecular weight is 258 g/mol. The predicted octanol–water partition coefficient (Wildman–Crippen LogP) is 2.90. The fourth-order valence-corrected chi connectivity index (χ4v) is 2.97. The lowest BCUT2D eigenvalue weighted by atomic mass is 9.98. The molecule has 2 atom stereocenters. The van der Waals surface area contributed by atoms with Gasteiger partial charge in [-0.1, -0.05) is 12.5 Å². The summed E-state index contributed by atoms with van der Waals surface area (Å²) in [7, 11) is 0.